The third-order valence-corrected chi connectivity index (χ3v) is 2.54. The molecule has 0 radical (unpaired) electrons. The molecule has 0 aliphatic carbocycles. The van der Waals surface area contributed by atoms with Crippen molar-refractivity contribution in [1.82, 2.24) is 4.98 Å². The first kappa shape index (κ1) is 11.5. The van der Waals surface area contributed by atoms with E-state index in [4.69, 9.17) is 0 Å². The number of aromatic nitrogens is 1. The Bertz CT molecular complexity index is 465. The molecular weight excluding hydrogens is 210 g/mol. The van der Waals surface area contributed by atoms with Crippen LogP contribution >= 0.6 is 0 Å². The highest BCUT2D eigenvalue weighted by molar-refractivity contribution is 5.18. The Kier molecular flexibility index (Phi) is 3.97. The molecule has 0 aliphatic rings. The molecule has 0 fully saturated rings. The van der Waals surface area contributed by atoms with E-state index in [1.807, 2.05) is 37.3 Å². The highest BCUT2D eigenvalue weighted by atomic mass is 15.1. The third-order valence-electron chi connectivity index (χ3n) is 2.54. The second kappa shape index (κ2) is 5.89. The van der Waals surface area contributed by atoms with Crippen LogP contribution in [-0.2, 0) is 6.54 Å². The molecule has 0 saturated heterocycles. The Hall–Kier alpha value is -2.03. The molecule has 0 spiro atoms. The topological polar surface area (TPSA) is 37.6 Å². The maximum absolute atomic E-state index is 4.29. The van der Waals surface area contributed by atoms with Gasteiger partial charge in [-0.3, -0.25) is 4.98 Å². The summed E-state index contributed by atoms with van der Waals surface area (Å²) in [6.07, 6.45) is 3.54. The van der Waals surface area contributed by atoms with E-state index in [1.54, 1.807) is 12.4 Å². The first-order valence-electron chi connectivity index (χ1n) is 5.67. The summed E-state index contributed by atoms with van der Waals surface area (Å²) in [6.45, 7) is 2.66. The molecule has 3 nitrogen and oxygen atoms in total. The Balaban J connectivity index is 1.93. The van der Waals surface area contributed by atoms with Gasteiger partial charge >= 0.3 is 0 Å². The molecule has 3 heteroatoms. The van der Waals surface area contributed by atoms with Gasteiger partial charge < -0.3 is 0 Å². The summed E-state index contributed by atoms with van der Waals surface area (Å²) in [7, 11) is 0. The molecule has 1 atom stereocenters. The average molecular weight is 225 g/mol. The highest BCUT2D eigenvalue weighted by Gasteiger charge is 2.01. The lowest BCUT2D eigenvalue weighted by Gasteiger charge is -2.04. The van der Waals surface area contributed by atoms with E-state index in [1.165, 1.54) is 5.56 Å². The van der Waals surface area contributed by atoms with E-state index in [0.29, 0.717) is 6.54 Å². The van der Waals surface area contributed by atoms with E-state index in [2.05, 4.69) is 27.3 Å². The van der Waals surface area contributed by atoms with Gasteiger partial charge in [0, 0.05) is 12.4 Å². The molecule has 1 unspecified atom stereocenters. The summed E-state index contributed by atoms with van der Waals surface area (Å²) in [6, 6.07) is 14.2. The zero-order valence-electron chi connectivity index (χ0n) is 9.82. The van der Waals surface area contributed by atoms with E-state index in [0.717, 1.165) is 5.56 Å². The van der Waals surface area contributed by atoms with Crippen LogP contribution in [0.3, 0.4) is 0 Å². The van der Waals surface area contributed by atoms with E-state index < -0.39 is 0 Å². The maximum atomic E-state index is 4.29. The lowest BCUT2D eigenvalue weighted by molar-refractivity contribution is 0.722. The van der Waals surface area contributed by atoms with Gasteiger partial charge in [0.25, 0.3) is 0 Å². The predicted octanol–water partition coefficient (Wildman–Crippen LogP) is 3.80. The molecule has 0 aliphatic heterocycles. The van der Waals surface area contributed by atoms with Crippen molar-refractivity contribution in [2.45, 2.75) is 19.5 Å². The third kappa shape index (κ3) is 3.48. The van der Waals surface area contributed by atoms with Crippen LogP contribution in [0.25, 0.3) is 0 Å². The summed E-state index contributed by atoms with van der Waals surface area (Å²) in [5.74, 6) is 0. The van der Waals surface area contributed by atoms with Crippen LogP contribution in [0.4, 0.5) is 0 Å². The summed E-state index contributed by atoms with van der Waals surface area (Å²) in [4.78, 5) is 3.96. The van der Waals surface area contributed by atoms with Crippen molar-refractivity contribution < 1.29 is 0 Å². The molecule has 1 aromatic heterocycles. The van der Waals surface area contributed by atoms with Gasteiger partial charge in [-0.25, -0.2) is 0 Å². The van der Waals surface area contributed by atoms with Gasteiger partial charge in [0.2, 0.25) is 0 Å². The first-order valence-corrected chi connectivity index (χ1v) is 5.67. The van der Waals surface area contributed by atoms with Crippen molar-refractivity contribution in [2.75, 3.05) is 0 Å². The summed E-state index contributed by atoms with van der Waals surface area (Å²) >= 11 is 0. The van der Waals surface area contributed by atoms with Crippen LogP contribution in [0.15, 0.2) is 65.1 Å². The number of pyridine rings is 1. The smallest absolute Gasteiger partial charge is 0.0929 e. The maximum Gasteiger partial charge on any atom is 0.0929 e. The lowest BCUT2D eigenvalue weighted by Crippen LogP contribution is -1.88. The average Bonchev–Trinajstić information content (AvgIpc) is 2.41. The normalized spacial score (nSPS) is 12.8. The number of hydrogen-bond acceptors (Lipinski definition) is 3. The minimum absolute atomic E-state index is 0.109. The second-order valence-corrected chi connectivity index (χ2v) is 3.86. The number of rotatable bonds is 4. The number of hydrogen-bond donors (Lipinski definition) is 0. The van der Waals surface area contributed by atoms with Gasteiger partial charge in [-0.15, -0.1) is 0 Å². The van der Waals surface area contributed by atoms with Gasteiger partial charge in [0.1, 0.15) is 0 Å². The fourth-order valence-electron chi connectivity index (χ4n) is 1.53. The molecular formula is C14H15N3. The van der Waals surface area contributed by atoms with E-state index in [9.17, 15) is 0 Å². The number of azo groups is 1. The second-order valence-electron chi connectivity index (χ2n) is 3.86. The van der Waals surface area contributed by atoms with Crippen molar-refractivity contribution in [1.29, 1.82) is 0 Å². The standard InChI is InChI=1S/C14H15N3/c1-12(14-5-3-2-4-6-14)17-16-11-13-7-9-15-10-8-13/h2-10,12H,11H2,1H3. The Morgan fingerprint density at radius 2 is 1.76 bits per heavy atom. The van der Waals surface area contributed by atoms with Crippen LogP contribution in [-0.4, -0.2) is 4.98 Å². The minimum Gasteiger partial charge on any atom is -0.265 e. The van der Waals surface area contributed by atoms with Crippen LogP contribution in [0.5, 0.6) is 0 Å². The zero-order valence-corrected chi connectivity index (χ0v) is 9.82. The van der Waals surface area contributed by atoms with Crippen molar-refractivity contribution in [3.05, 3.63) is 66.0 Å². The number of nitrogens with zero attached hydrogens (tertiary/aromatic N) is 3. The summed E-state index contributed by atoms with van der Waals surface area (Å²) in [5.41, 5.74) is 2.31. The molecule has 1 heterocycles. The van der Waals surface area contributed by atoms with Gasteiger partial charge in [0.15, 0.2) is 0 Å². The van der Waals surface area contributed by atoms with Crippen molar-refractivity contribution in [2.24, 2.45) is 10.2 Å². The van der Waals surface area contributed by atoms with Crippen molar-refractivity contribution in [3.8, 4) is 0 Å². The van der Waals surface area contributed by atoms with E-state index >= 15 is 0 Å². The quantitative estimate of drug-likeness (QED) is 0.729. The Labute approximate surface area is 101 Å². The van der Waals surface area contributed by atoms with Crippen LogP contribution in [0.2, 0.25) is 0 Å². The fourth-order valence-corrected chi connectivity index (χ4v) is 1.53. The Morgan fingerprint density at radius 1 is 1.06 bits per heavy atom. The molecule has 0 amide bonds. The monoisotopic (exact) mass is 225 g/mol. The molecule has 17 heavy (non-hydrogen) atoms. The minimum atomic E-state index is 0.109. The lowest BCUT2D eigenvalue weighted by atomic mass is 10.1. The Morgan fingerprint density at radius 3 is 2.47 bits per heavy atom. The SMILES string of the molecule is CC(N=NCc1ccncc1)c1ccccc1. The molecule has 2 aromatic rings. The predicted molar refractivity (Wildman–Crippen MR) is 67.7 cm³/mol. The van der Waals surface area contributed by atoms with Crippen molar-refractivity contribution in [3.63, 3.8) is 0 Å². The van der Waals surface area contributed by atoms with Gasteiger partial charge in [-0.05, 0) is 30.2 Å². The molecule has 86 valence electrons. The highest BCUT2D eigenvalue weighted by Crippen LogP contribution is 2.16. The van der Waals surface area contributed by atoms with Gasteiger partial charge in [-0.1, -0.05) is 30.3 Å². The first-order chi connectivity index (χ1) is 8.36. The molecule has 0 saturated carbocycles. The summed E-state index contributed by atoms with van der Waals surface area (Å²) in [5, 5.41) is 8.51. The zero-order chi connectivity index (χ0) is 11.9. The molecule has 1 aromatic carbocycles. The fraction of sp³-hybridized carbons (Fsp3) is 0.214. The molecule has 0 bridgehead atoms. The molecule has 2 rings (SSSR count). The van der Waals surface area contributed by atoms with Crippen LogP contribution in [0, 0.1) is 0 Å². The van der Waals surface area contributed by atoms with E-state index in [-0.39, 0.29) is 6.04 Å². The van der Waals surface area contributed by atoms with Crippen LogP contribution in [0.1, 0.15) is 24.1 Å². The molecule has 0 N–H and O–H groups in total. The largest absolute Gasteiger partial charge is 0.265 e. The van der Waals surface area contributed by atoms with Gasteiger partial charge in [-0.2, -0.15) is 10.2 Å². The summed E-state index contributed by atoms with van der Waals surface area (Å²) < 4.78 is 0. The van der Waals surface area contributed by atoms with Crippen molar-refractivity contribution >= 4 is 0 Å². The number of benzene rings is 1. The van der Waals surface area contributed by atoms with Gasteiger partial charge in [0.05, 0.1) is 12.6 Å². The van der Waals surface area contributed by atoms with Crippen LogP contribution < -0.4 is 0 Å².